The van der Waals surface area contributed by atoms with Gasteiger partial charge >= 0.3 is 0 Å². The fourth-order valence-electron chi connectivity index (χ4n) is 2.34. The summed E-state index contributed by atoms with van der Waals surface area (Å²) in [6, 6.07) is 8.32. The van der Waals surface area contributed by atoms with E-state index in [0.29, 0.717) is 25.1 Å². The number of ether oxygens (including phenoxy) is 1. The van der Waals surface area contributed by atoms with Crippen molar-refractivity contribution in [2.24, 2.45) is 0 Å². The molecule has 0 aliphatic carbocycles. The minimum Gasteiger partial charge on any atom is -0.378 e. The fourth-order valence-corrected chi connectivity index (χ4v) is 2.34. The van der Waals surface area contributed by atoms with Crippen LogP contribution in [0, 0.1) is 0 Å². The van der Waals surface area contributed by atoms with Crippen LogP contribution >= 0.6 is 0 Å². The maximum atomic E-state index is 5.39. The van der Waals surface area contributed by atoms with Crippen molar-refractivity contribution in [1.82, 2.24) is 10.1 Å². The van der Waals surface area contributed by atoms with Crippen molar-refractivity contribution >= 4 is 5.95 Å². The van der Waals surface area contributed by atoms with Crippen molar-refractivity contribution < 1.29 is 9.26 Å². The molecule has 112 valence electrons. The van der Waals surface area contributed by atoms with E-state index in [-0.39, 0.29) is 5.41 Å². The summed E-state index contributed by atoms with van der Waals surface area (Å²) in [5.41, 5.74) is 2.39. The smallest absolute Gasteiger partial charge is 0.266 e. The molecule has 0 amide bonds. The number of aromatic nitrogens is 2. The van der Waals surface area contributed by atoms with Crippen molar-refractivity contribution in [2.75, 3.05) is 31.2 Å². The van der Waals surface area contributed by atoms with Crippen molar-refractivity contribution in [1.29, 1.82) is 0 Å². The van der Waals surface area contributed by atoms with Gasteiger partial charge in [0.2, 0.25) is 0 Å². The second-order valence-electron chi connectivity index (χ2n) is 6.33. The van der Waals surface area contributed by atoms with Crippen LogP contribution in [0.5, 0.6) is 0 Å². The van der Waals surface area contributed by atoms with E-state index in [4.69, 9.17) is 9.26 Å². The lowest BCUT2D eigenvalue weighted by molar-refractivity contribution is 0.121. The molecule has 1 aliphatic rings. The Labute approximate surface area is 124 Å². The molecule has 0 spiro atoms. The van der Waals surface area contributed by atoms with Crippen LogP contribution in [-0.4, -0.2) is 36.4 Å². The highest BCUT2D eigenvalue weighted by Gasteiger charge is 2.18. The number of hydrogen-bond donors (Lipinski definition) is 0. The molecule has 3 rings (SSSR count). The van der Waals surface area contributed by atoms with Gasteiger partial charge in [-0.2, -0.15) is 4.98 Å². The molecule has 1 aliphatic heterocycles. The zero-order valence-electron chi connectivity index (χ0n) is 12.8. The maximum absolute atomic E-state index is 5.39. The van der Waals surface area contributed by atoms with Gasteiger partial charge in [0, 0.05) is 18.7 Å². The molecule has 1 aromatic heterocycles. The molecular formula is C16H21N3O2. The van der Waals surface area contributed by atoms with Crippen LogP contribution in [0.2, 0.25) is 0 Å². The first-order valence-corrected chi connectivity index (χ1v) is 7.31. The summed E-state index contributed by atoms with van der Waals surface area (Å²) in [5.74, 6) is 1.21. The first kappa shape index (κ1) is 14.1. The van der Waals surface area contributed by atoms with Gasteiger partial charge in [0.1, 0.15) is 0 Å². The van der Waals surface area contributed by atoms with Gasteiger partial charge in [-0.25, -0.2) is 0 Å². The molecule has 0 unspecified atom stereocenters. The Balaban J connectivity index is 1.79. The molecule has 5 heteroatoms. The van der Waals surface area contributed by atoms with E-state index in [2.05, 4.69) is 47.9 Å². The summed E-state index contributed by atoms with van der Waals surface area (Å²) < 4.78 is 10.7. The third-order valence-corrected chi connectivity index (χ3v) is 3.71. The molecule has 1 aromatic carbocycles. The van der Waals surface area contributed by atoms with Crippen molar-refractivity contribution in [3.05, 3.63) is 29.8 Å². The Morgan fingerprint density at radius 1 is 1.05 bits per heavy atom. The summed E-state index contributed by atoms with van der Waals surface area (Å²) in [4.78, 5) is 6.57. The molecular weight excluding hydrogens is 266 g/mol. The summed E-state index contributed by atoms with van der Waals surface area (Å²) in [6.07, 6.45) is 0. The van der Waals surface area contributed by atoms with Crippen LogP contribution in [0.15, 0.2) is 28.8 Å². The Morgan fingerprint density at radius 3 is 2.33 bits per heavy atom. The SMILES string of the molecule is CC(C)(C)c1ccc(-c2nc(N3CCOCC3)no2)cc1. The Kier molecular flexibility index (Phi) is 3.68. The second kappa shape index (κ2) is 5.48. The third-order valence-electron chi connectivity index (χ3n) is 3.71. The molecule has 5 nitrogen and oxygen atoms in total. The van der Waals surface area contributed by atoms with Crippen molar-refractivity contribution in [3.8, 4) is 11.5 Å². The molecule has 2 aromatic rings. The van der Waals surface area contributed by atoms with Crippen LogP contribution in [0.1, 0.15) is 26.3 Å². The Morgan fingerprint density at radius 2 is 1.71 bits per heavy atom. The molecule has 1 fully saturated rings. The average Bonchev–Trinajstić information content (AvgIpc) is 2.97. The van der Waals surface area contributed by atoms with E-state index in [9.17, 15) is 0 Å². The van der Waals surface area contributed by atoms with Crippen molar-refractivity contribution in [2.45, 2.75) is 26.2 Å². The molecule has 2 heterocycles. The number of benzene rings is 1. The number of hydrogen-bond acceptors (Lipinski definition) is 5. The number of morpholine rings is 1. The van der Waals surface area contributed by atoms with Gasteiger partial charge in [-0.05, 0) is 28.3 Å². The van der Waals surface area contributed by atoms with Crippen molar-refractivity contribution in [3.63, 3.8) is 0 Å². The lowest BCUT2D eigenvalue weighted by Gasteiger charge is -2.24. The van der Waals surface area contributed by atoms with Crippen LogP contribution in [0.3, 0.4) is 0 Å². The third kappa shape index (κ3) is 3.08. The van der Waals surface area contributed by atoms with E-state index in [0.717, 1.165) is 18.7 Å². The lowest BCUT2D eigenvalue weighted by Crippen LogP contribution is -2.36. The molecule has 0 bridgehead atoms. The van der Waals surface area contributed by atoms with Gasteiger partial charge in [0.25, 0.3) is 11.8 Å². The summed E-state index contributed by atoms with van der Waals surface area (Å²) in [7, 11) is 0. The largest absolute Gasteiger partial charge is 0.378 e. The lowest BCUT2D eigenvalue weighted by atomic mass is 9.87. The predicted molar refractivity (Wildman–Crippen MR) is 81.5 cm³/mol. The van der Waals surface area contributed by atoms with E-state index in [1.54, 1.807) is 0 Å². The monoisotopic (exact) mass is 287 g/mol. The van der Waals surface area contributed by atoms with Crippen LogP contribution < -0.4 is 4.90 Å². The second-order valence-corrected chi connectivity index (χ2v) is 6.33. The highest BCUT2D eigenvalue weighted by atomic mass is 16.5. The topological polar surface area (TPSA) is 51.4 Å². The van der Waals surface area contributed by atoms with E-state index < -0.39 is 0 Å². The van der Waals surface area contributed by atoms with Crippen LogP contribution in [-0.2, 0) is 10.2 Å². The Bertz CT molecular complexity index is 593. The first-order chi connectivity index (χ1) is 10.0. The minimum atomic E-state index is 0.145. The minimum absolute atomic E-state index is 0.145. The summed E-state index contributed by atoms with van der Waals surface area (Å²) >= 11 is 0. The van der Waals surface area contributed by atoms with Gasteiger partial charge < -0.3 is 14.2 Å². The van der Waals surface area contributed by atoms with Crippen LogP contribution in [0.25, 0.3) is 11.5 Å². The maximum Gasteiger partial charge on any atom is 0.266 e. The molecule has 0 radical (unpaired) electrons. The van der Waals surface area contributed by atoms with Gasteiger partial charge in [0.05, 0.1) is 13.2 Å². The summed E-state index contributed by atoms with van der Waals surface area (Å²) in [6.45, 7) is 9.64. The number of anilines is 1. The zero-order valence-corrected chi connectivity index (χ0v) is 12.8. The van der Waals surface area contributed by atoms with Gasteiger partial charge in [-0.1, -0.05) is 32.9 Å². The standard InChI is InChI=1S/C16H21N3O2/c1-16(2,3)13-6-4-12(5-7-13)14-17-15(18-21-14)19-8-10-20-11-9-19/h4-7H,8-11H2,1-3H3. The molecule has 1 saturated heterocycles. The van der Waals surface area contributed by atoms with Crippen LogP contribution in [0.4, 0.5) is 5.95 Å². The Hall–Kier alpha value is -1.88. The first-order valence-electron chi connectivity index (χ1n) is 7.31. The fraction of sp³-hybridized carbons (Fsp3) is 0.500. The predicted octanol–water partition coefficient (Wildman–Crippen LogP) is 2.87. The number of nitrogens with zero attached hydrogens (tertiary/aromatic N) is 3. The average molecular weight is 287 g/mol. The highest BCUT2D eigenvalue weighted by Crippen LogP contribution is 2.26. The van der Waals surface area contributed by atoms with E-state index in [1.165, 1.54) is 5.56 Å². The molecule has 0 N–H and O–H groups in total. The quantitative estimate of drug-likeness (QED) is 0.850. The molecule has 21 heavy (non-hydrogen) atoms. The number of rotatable bonds is 2. The van der Waals surface area contributed by atoms with Gasteiger partial charge in [-0.15, -0.1) is 0 Å². The van der Waals surface area contributed by atoms with Gasteiger partial charge in [0.15, 0.2) is 0 Å². The summed E-state index contributed by atoms with van der Waals surface area (Å²) in [5, 5.41) is 4.07. The highest BCUT2D eigenvalue weighted by molar-refractivity contribution is 5.55. The normalized spacial score (nSPS) is 16.2. The van der Waals surface area contributed by atoms with E-state index in [1.807, 2.05) is 12.1 Å². The van der Waals surface area contributed by atoms with Gasteiger partial charge in [-0.3, -0.25) is 0 Å². The molecule has 0 saturated carbocycles. The van der Waals surface area contributed by atoms with E-state index >= 15 is 0 Å². The molecule has 0 atom stereocenters. The zero-order chi connectivity index (χ0) is 14.9.